The van der Waals surface area contributed by atoms with E-state index < -0.39 is 24.3 Å². The fourth-order valence-corrected chi connectivity index (χ4v) is 2.59. The quantitative estimate of drug-likeness (QED) is 0.439. The van der Waals surface area contributed by atoms with E-state index in [9.17, 15) is 14.4 Å². The first kappa shape index (κ1) is 23.5. The monoisotopic (exact) mass is 417 g/mol. The molecular weight excluding hydrogens is 394 g/mol. The maximum atomic E-state index is 12.2. The Hall–Kier alpha value is -3.75. The highest BCUT2D eigenvalue weighted by Gasteiger charge is 2.18. The first-order chi connectivity index (χ1) is 15.0. The predicted octanol–water partition coefficient (Wildman–Crippen LogP) is -0.221. The molecule has 31 heavy (non-hydrogen) atoms. The molecule has 0 aliphatic carbocycles. The van der Waals surface area contributed by atoms with Gasteiger partial charge in [0.1, 0.15) is 12.6 Å². The van der Waals surface area contributed by atoms with Gasteiger partial charge in [0.15, 0.2) is 11.6 Å². The number of rotatable bonds is 8. The minimum absolute atomic E-state index is 0.0101. The first-order valence-corrected chi connectivity index (χ1v) is 9.54. The van der Waals surface area contributed by atoms with Gasteiger partial charge in [0.05, 0.1) is 6.54 Å². The average molecular weight is 417 g/mol. The van der Waals surface area contributed by atoms with E-state index in [1.807, 2.05) is 24.3 Å². The maximum Gasteiger partial charge on any atom is 0.251 e. The number of nitrogens with two attached hydrogens (primary N) is 2. The predicted molar refractivity (Wildman–Crippen MR) is 117 cm³/mol. The third kappa shape index (κ3) is 7.54. The fourth-order valence-electron chi connectivity index (χ4n) is 2.59. The van der Waals surface area contributed by atoms with E-state index in [1.165, 1.54) is 0 Å². The number of amides is 1. The van der Waals surface area contributed by atoms with Crippen LogP contribution in [-0.4, -0.2) is 48.3 Å². The number of benzene rings is 2. The van der Waals surface area contributed by atoms with Crippen LogP contribution in [0.15, 0.2) is 48.5 Å². The molecule has 7 heteroatoms. The van der Waals surface area contributed by atoms with Crippen molar-refractivity contribution in [2.24, 2.45) is 11.5 Å². The lowest BCUT2D eigenvalue weighted by Gasteiger charge is -2.14. The Morgan fingerprint density at radius 1 is 0.968 bits per heavy atom. The van der Waals surface area contributed by atoms with Crippen LogP contribution in [0.3, 0.4) is 0 Å². The number of hydrogen-bond acceptors (Lipinski definition) is 6. The van der Waals surface area contributed by atoms with Crippen molar-refractivity contribution < 1.29 is 19.5 Å². The molecule has 7 nitrogen and oxygen atoms in total. The van der Waals surface area contributed by atoms with Crippen molar-refractivity contribution in [1.82, 2.24) is 5.32 Å². The summed E-state index contributed by atoms with van der Waals surface area (Å²) in [7, 11) is 0. The second kappa shape index (κ2) is 12.1. The van der Waals surface area contributed by atoms with Crippen molar-refractivity contribution in [3.8, 4) is 23.7 Å². The molecule has 0 aromatic heterocycles. The van der Waals surface area contributed by atoms with E-state index in [0.717, 1.165) is 11.1 Å². The summed E-state index contributed by atoms with van der Waals surface area (Å²) >= 11 is 0. The zero-order valence-corrected chi connectivity index (χ0v) is 16.9. The summed E-state index contributed by atoms with van der Waals surface area (Å²) in [6.07, 6.45) is 0.276. The molecule has 0 heterocycles. The summed E-state index contributed by atoms with van der Waals surface area (Å²) in [5.41, 5.74) is 13.4. The van der Waals surface area contributed by atoms with E-state index in [0.29, 0.717) is 11.1 Å². The second-order valence-electron chi connectivity index (χ2n) is 6.58. The van der Waals surface area contributed by atoms with Crippen molar-refractivity contribution in [3.63, 3.8) is 0 Å². The van der Waals surface area contributed by atoms with E-state index >= 15 is 0 Å². The van der Waals surface area contributed by atoms with Gasteiger partial charge in [-0.15, -0.1) is 0 Å². The number of Topliss-reactive ketones (excluding diaryl/α,β-unsaturated/α-hetero) is 2. The van der Waals surface area contributed by atoms with Crippen molar-refractivity contribution >= 4 is 17.5 Å². The highest BCUT2D eigenvalue weighted by molar-refractivity contribution is 5.98. The van der Waals surface area contributed by atoms with Gasteiger partial charge in [0.25, 0.3) is 5.91 Å². The molecule has 0 spiro atoms. The van der Waals surface area contributed by atoms with Gasteiger partial charge >= 0.3 is 0 Å². The third-order valence-corrected chi connectivity index (χ3v) is 4.26. The topological polar surface area (TPSA) is 136 Å². The van der Waals surface area contributed by atoms with Crippen LogP contribution in [-0.2, 0) is 16.0 Å². The van der Waals surface area contributed by atoms with Gasteiger partial charge in [-0.25, -0.2) is 0 Å². The number of nitrogens with one attached hydrogen (secondary N) is 1. The third-order valence-electron chi connectivity index (χ3n) is 4.26. The largest absolute Gasteiger partial charge is 0.388 e. The van der Waals surface area contributed by atoms with Gasteiger partial charge in [-0.2, -0.15) is 0 Å². The summed E-state index contributed by atoms with van der Waals surface area (Å²) in [5, 5.41) is 11.4. The Morgan fingerprint density at radius 3 is 2.26 bits per heavy atom. The van der Waals surface area contributed by atoms with Crippen molar-refractivity contribution in [2.75, 3.05) is 19.7 Å². The number of carbonyl (C=O) groups is 3. The average Bonchev–Trinajstić information content (AvgIpc) is 2.80. The Balaban J connectivity index is 2.01. The number of hydrogen-bond donors (Lipinski definition) is 4. The standard InChI is InChI=1S/C24H23N3O4/c25-14-21(29)13-19-7-3-6-18(12-19)5-2-1-4-17-8-10-20(11-9-17)24(31)27-22(15-26)23(30)16-28/h3,6-12,22,28H,13-16,25-26H2,(H,27,31)/t22-/m0/s1. The molecule has 2 aromatic carbocycles. The number of aliphatic hydroxyl groups is 1. The highest BCUT2D eigenvalue weighted by Crippen LogP contribution is 2.06. The fraction of sp³-hybridized carbons (Fsp3) is 0.208. The Kier molecular flexibility index (Phi) is 9.15. The molecule has 0 radical (unpaired) electrons. The van der Waals surface area contributed by atoms with Crippen LogP contribution < -0.4 is 16.8 Å². The number of ketones is 2. The normalized spacial score (nSPS) is 10.7. The number of aliphatic hydroxyl groups excluding tert-OH is 1. The van der Waals surface area contributed by atoms with Gasteiger partial charge in [-0.05, 0) is 53.8 Å². The van der Waals surface area contributed by atoms with E-state index in [1.54, 1.807) is 24.3 Å². The highest BCUT2D eigenvalue weighted by atomic mass is 16.3. The molecule has 1 amide bonds. The molecule has 0 bridgehead atoms. The molecule has 0 saturated heterocycles. The lowest BCUT2D eigenvalue weighted by Crippen LogP contribution is -2.46. The van der Waals surface area contributed by atoms with Gasteiger partial charge < -0.3 is 21.9 Å². The van der Waals surface area contributed by atoms with E-state index in [4.69, 9.17) is 16.6 Å². The summed E-state index contributed by atoms with van der Waals surface area (Å²) < 4.78 is 0. The van der Waals surface area contributed by atoms with E-state index in [2.05, 4.69) is 29.0 Å². The van der Waals surface area contributed by atoms with Crippen molar-refractivity contribution in [1.29, 1.82) is 0 Å². The second-order valence-corrected chi connectivity index (χ2v) is 6.58. The Morgan fingerprint density at radius 2 is 1.65 bits per heavy atom. The van der Waals surface area contributed by atoms with E-state index in [-0.39, 0.29) is 25.3 Å². The first-order valence-electron chi connectivity index (χ1n) is 9.54. The van der Waals surface area contributed by atoms with Crippen LogP contribution >= 0.6 is 0 Å². The summed E-state index contributed by atoms with van der Waals surface area (Å²) in [6.45, 7) is -0.774. The maximum absolute atomic E-state index is 12.2. The lowest BCUT2D eigenvalue weighted by molar-refractivity contribution is -0.123. The van der Waals surface area contributed by atoms with Gasteiger partial charge in [-0.1, -0.05) is 24.0 Å². The van der Waals surface area contributed by atoms with Gasteiger partial charge in [-0.3, -0.25) is 14.4 Å². The SMILES string of the molecule is NCC(=O)Cc1cccc(C#CC#Cc2ccc(C(=O)N[C@@H](CN)C(=O)CO)cc2)c1. The lowest BCUT2D eigenvalue weighted by atomic mass is 10.1. The molecule has 158 valence electrons. The minimum Gasteiger partial charge on any atom is -0.388 e. The molecule has 2 rings (SSSR count). The van der Waals surface area contributed by atoms with Crippen LogP contribution in [0.2, 0.25) is 0 Å². The Bertz CT molecular complexity index is 1070. The molecule has 0 aliphatic rings. The molecule has 0 saturated carbocycles. The van der Waals surface area contributed by atoms with Crippen LogP contribution in [0.1, 0.15) is 27.0 Å². The molecular formula is C24H23N3O4. The van der Waals surface area contributed by atoms with Gasteiger partial charge in [0.2, 0.25) is 0 Å². The molecule has 0 aliphatic heterocycles. The smallest absolute Gasteiger partial charge is 0.251 e. The summed E-state index contributed by atoms with van der Waals surface area (Å²) in [4.78, 5) is 35.1. The van der Waals surface area contributed by atoms with Crippen LogP contribution in [0, 0.1) is 23.7 Å². The Labute approximate surface area is 180 Å². The van der Waals surface area contributed by atoms with Crippen molar-refractivity contribution in [3.05, 3.63) is 70.8 Å². The minimum atomic E-state index is -0.931. The zero-order chi connectivity index (χ0) is 22.6. The van der Waals surface area contributed by atoms with Crippen LogP contribution in [0.5, 0.6) is 0 Å². The molecule has 6 N–H and O–H groups in total. The van der Waals surface area contributed by atoms with Crippen molar-refractivity contribution in [2.45, 2.75) is 12.5 Å². The molecule has 0 fully saturated rings. The zero-order valence-electron chi connectivity index (χ0n) is 16.9. The summed E-state index contributed by atoms with van der Waals surface area (Å²) in [6, 6.07) is 12.9. The number of carbonyl (C=O) groups excluding carboxylic acids is 3. The molecule has 2 aromatic rings. The van der Waals surface area contributed by atoms with Crippen LogP contribution in [0.4, 0.5) is 0 Å². The van der Waals surface area contributed by atoms with Gasteiger partial charge in [0, 0.05) is 29.7 Å². The molecule has 1 atom stereocenters. The molecule has 0 unspecified atom stereocenters. The summed E-state index contributed by atoms with van der Waals surface area (Å²) in [5.74, 6) is 10.3. The van der Waals surface area contributed by atoms with Crippen LogP contribution in [0.25, 0.3) is 0 Å².